The van der Waals surface area contributed by atoms with Gasteiger partial charge in [0.15, 0.2) is 11.6 Å². The lowest BCUT2D eigenvalue weighted by Crippen LogP contribution is -1.99. The van der Waals surface area contributed by atoms with Crippen LogP contribution in [0.4, 0.5) is 4.39 Å². The Morgan fingerprint density at radius 2 is 2.18 bits per heavy atom. The molecule has 0 fully saturated rings. The minimum atomic E-state index is -0.914. The maximum absolute atomic E-state index is 13.5. The highest BCUT2D eigenvalue weighted by Gasteiger charge is 2.17. The van der Waals surface area contributed by atoms with Crippen LogP contribution in [0.1, 0.15) is 16.5 Å². The van der Waals surface area contributed by atoms with Crippen LogP contribution in [-0.4, -0.2) is 12.2 Å². The van der Waals surface area contributed by atoms with Gasteiger partial charge in [-0.05, 0) is 29.1 Å². The zero-order valence-corrected chi connectivity index (χ0v) is 10.6. The second-order valence-corrected chi connectivity index (χ2v) is 4.78. The van der Waals surface area contributed by atoms with Crippen LogP contribution in [0.3, 0.4) is 0 Å². The quantitative estimate of drug-likeness (QED) is 0.924. The fourth-order valence-corrected chi connectivity index (χ4v) is 2.68. The summed E-state index contributed by atoms with van der Waals surface area (Å²) < 4.78 is 18.3. The molecule has 0 aliphatic carbocycles. The fourth-order valence-electron chi connectivity index (χ4n) is 1.50. The molecule has 1 unspecified atom stereocenters. The van der Waals surface area contributed by atoms with Crippen LogP contribution in [0.2, 0.25) is 5.02 Å². The third kappa shape index (κ3) is 2.44. The molecule has 2 rings (SSSR count). The Kier molecular flexibility index (Phi) is 3.66. The Labute approximate surface area is 107 Å². The number of rotatable bonds is 3. The molecule has 0 saturated heterocycles. The Hall–Kier alpha value is -1.10. The van der Waals surface area contributed by atoms with E-state index in [9.17, 15) is 9.50 Å². The van der Waals surface area contributed by atoms with Crippen molar-refractivity contribution in [2.45, 2.75) is 6.10 Å². The number of aliphatic hydroxyl groups is 1. The van der Waals surface area contributed by atoms with Crippen LogP contribution in [0.5, 0.6) is 5.75 Å². The first-order chi connectivity index (χ1) is 8.13. The largest absolute Gasteiger partial charge is 0.494 e. The molecule has 2 aromatic rings. The average molecular weight is 273 g/mol. The van der Waals surface area contributed by atoms with E-state index >= 15 is 0 Å². The van der Waals surface area contributed by atoms with Crippen LogP contribution in [0, 0.1) is 5.82 Å². The highest BCUT2D eigenvalue weighted by atomic mass is 35.5. The molecular formula is C12H10ClFO2S. The number of benzene rings is 1. The van der Waals surface area contributed by atoms with Gasteiger partial charge in [0.2, 0.25) is 0 Å². The van der Waals surface area contributed by atoms with Gasteiger partial charge in [-0.15, -0.1) is 11.3 Å². The van der Waals surface area contributed by atoms with Crippen molar-refractivity contribution in [1.82, 2.24) is 0 Å². The summed E-state index contributed by atoms with van der Waals surface area (Å²) in [4.78, 5) is 0.608. The van der Waals surface area contributed by atoms with Gasteiger partial charge in [0.1, 0.15) is 6.10 Å². The lowest BCUT2D eigenvalue weighted by Gasteiger charge is -2.11. The van der Waals surface area contributed by atoms with Gasteiger partial charge in [0, 0.05) is 0 Å². The first-order valence-electron chi connectivity index (χ1n) is 4.88. The Morgan fingerprint density at radius 3 is 2.71 bits per heavy atom. The van der Waals surface area contributed by atoms with E-state index in [-0.39, 0.29) is 5.75 Å². The van der Waals surface area contributed by atoms with E-state index in [2.05, 4.69) is 0 Å². The highest BCUT2D eigenvalue weighted by molar-refractivity contribution is 7.10. The van der Waals surface area contributed by atoms with Crippen molar-refractivity contribution >= 4 is 22.9 Å². The summed E-state index contributed by atoms with van der Waals surface area (Å²) in [6, 6.07) is 6.04. The highest BCUT2D eigenvalue weighted by Crippen LogP contribution is 2.33. The SMILES string of the molecule is COc1ccc(C(O)c2sccc2Cl)cc1F. The summed E-state index contributed by atoms with van der Waals surface area (Å²) in [6.07, 6.45) is -0.914. The zero-order chi connectivity index (χ0) is 12.4. The Balaban J connectivity index is 2.35. The molecular weight excluding hydrogens is 263 g/mol. The van der Waals surface area contributed by atoms with Gasteiger partial charge in [-0.25, -0.2) is 4.39 Å². The molecule has 1 aromatic carbocycles. The van der Waals surface area contributed by atoms with E-state index < -0.39 is 11.9 Å². The lowest BCUT2D eigenvalue weighted by molar-refractivity contribution is 0.223. The number of thiophene rings is 1. The number of halogens is 2. The molecule has 1 aromatic heterocycles. The third-order valence-electron chi connectivity index (χ3n) is 2.38. The number of ether oxygens (including phenoxy) is 1. The van der Waals surface area contributed by atoms with Crippen molar-refractivity contribution in [2.75, 3.05) is 7.11 Å². The monoisotopic (exact) mass is 272 g/mol. The van der Waals surface area contributed by atoms with Crippen molar-refractivity contribution < 1.29 is 14.2 Å². The molecule has 1 heterocycles. The molecule has 0 aliphatic heterocycles. The molecule has 17 heavy (non-hydrogen) atoms. The molecule has 0 radical (unpaired) electrons. The topological polar surface area (TPSA) is 29.5 Å². The van der Waals surface area contributed by atoms with Crippen molar-refractivity contribution in [3.63, 3.8) is 0 Å². The third-order valence-corrected chi connectivity index (χ3v) is 3.80. The van der Waals surface area contributed by atoms with Gasteiger partial charge in [-0.2, -0.15) is 0 Å². The van der Waals surface area contributed by atoms with Crippen LogP contribution in [0.25, 0.3) is 0 Å². The standard InChI is InChI=1S/C12H10ClFO2S/c1-16-10-3-2-7(6-9(10)14)11(15)12-8(13)4-5-17-12/h2-6,11,15H,1H3. The predicted molar refractivity (Wildman–Crippen MR) is 66.3 cm³/mol. The van der Waals surface area contributed by atoms with E-state index in [1.165, 1.54) is 30.6 Å². The van der Waals surface area contributed by atoms with E-state index in [1.807, 2.05) is 0 Å². The molecule has 5 heteroatoms. The number of hydrogen-bond donors (Lipinski definition) is 1. The van der Waals surface area contributed by atoms with Crippen molar-refractivity contribution in [3.05, 3.63) is 50.9 Å². The summed E-state index contributed by atoms with van der Waals surface area (Å²) in [6.45, 7) is 0. The van der Waals surface area contributed by atoms with E-state index in [4.69, 9.17) is 16.3 Å². The van der Waals surface area contributed by atoms with Gasteiger partial charge in [0.05, 0.1) is 17.0 Å². The normalized spacial score (nSPS) is 12.5. The van der Waals surface area contributed by atoms with Gasteiger partial charge >= 0.3 is 0 Å². The van der Waals surface area contributed by atoms with Crippen LogP contribution >= 0.6 is 22.9 Å². The molecule has 1 N–H and O–H groups in total. The number of hydrogen-bond acceptors (Lipinski definition) is 3. The molecule has 2 nitrogen and oxygen atoms in total. The molecule has 0 saturated carbocycles. The summed E-state index contributed by atoms with van der Waals surface area (Å²) in [5, 5.41) is 12.3. The second-order valence-electron chi connectivity index (χ2n) is 3.43. The maximum Gasteiger partial charge on any atom is 0.165 e. The summed E-state index contributed by atoms with van der Waals surface area (Å²) in [5.74, 6) is -0.352. The predicted octanol–water partition coefficient (Wildman–Crippen LogP) is 3.63. The molecule has 0 bridgehead atoms. The first kappa shape index (κ1) is 12.4. The summed E-state index contributed by atoms with van der Waals surface area (Å²) in [5.41, 5.74) is 0.452. The van der Waals surface area contributed by atoms with Crippen molar-refractivity contribution in [3.8, 4) is 5.75 Å². The smallest absolute Gasteiger partial charge is 0.165 e. The maximum atomic E-state index is 13.5. The van der Waals surface area contributed by atoms with Crippen molar-refractivity contribution in [1.29, 1.82) is 0 Å². The molecule has 0 spiro atoms. The lowest BCUT2D eigenvalue weighted by atomic mass is 10.1. The van der Waals surface area contributed by atoms with E-state index in [0.29, 0.717) is 15.5 Å². The summed E-state index contributed by atoms with van der Waals surface area (Å²) >= 11 is 7.25. The average Bonchev–Trinajstić information content (AvgIpc) is 2.74. The van der Waals surface area contributed by atoms with Gasteiger partial charge < -0.3 is 9.84 Å². The van der Waals surface area contributed by atoms with Gasteiger partial charge in [0.25, 0.3) is 0 Å². The minimum Gasteiger partial charge on any atom is -0.494 e. The van der Waals surface area contributed by atoms with Crippen LogP contribution in [-0.2, 0) is 0 Å². The van der Waals surface area contributed by atoms with Gasteiger partial charge in [-0.3, -0.25) is 0 Å². The van der Waals surface area contributed by atoms with Gasteiger partial charge in [-0.1, -0.05) is 17.7 Å². The van der Waals surface area contributed by atoms with Crippen LogP contribution < -0.4 is 4.74 Å². The first-order valence-corrected chi connectivity index (χ1v) is 6.13. The molecule has 90 valence electrons. The van der Waals surface area contributed by atoms with E-state index in [1.54, 1.807) is 17.5 Å². The molecule has 1 atom stereocenters. The Morgan fingerprint density at radius 1 is 1.41 bits per heavy atom. The van der Waals surface area contributed by atoms with Crippen LogP contribution in [0.15, 0.2) is 29.6 Å². The summed E-state index contributed by atoms with van der Waals surface area (Å²) in [7, 11) is 1.39. The zero-order valence-electron chi connectivity index (χ0n) is 8.98. The molecule has 0 aliphatic rings. The number of aliphatic hydroxyl groups excluding tert-OH is 1. The fraction of sp³-hybridized carbons (Fsp3) is 0.167. The number of methoxy groups -OCH3 is 1. The second kappa shape index (κ2) is 5.04. The van der Waals surface area contributed by atoms with E-state index in [0.717, 1.165) is 0 Å². The Bertz CT molecular complexity index is 527. The van der Waals surface area contributed by atoms with Crippen molar-refractivity contribution in [2.24, 2.45) is 0 Å². The molecule has 0 amide bonds. The minimum absolute atomic E-state index is 0.151.